The number of pyridine rings is 1. The summed E-state index contributed by atoms with van der Waals surface area (Å²) in [5.41, 5.74) is 4.90. The third-order valence-corrected chi connectivity index (χ3v) is 5.11. The Morgan fingerprint density at radius 1 is 0.967 bits per heavy atom. The van der Waals surface area contributed by atoms with Gasteiger partial charge in [0.2, 0.25) is 0 Å². The molecule has 0 fully saturated rings. The Balaban J connectivity index is 1.76. The molecule has 0 atom stereocenters. The molecule has 4 rings (SSSR count). The summed E-state index contributed by atoms with van der Waals surface area (Å²) in [7, 11) is 0. The fourth-order valence-electron chi connectivity index (χ4n) is 3.59. The van der Waals surface area contributed by atoms with Crippen LogP contribution < -0.4 is 5.32 Å². The Morgan fingerprint density at radius 3 is 2.30 bits per heavy atom. The van der Waals surface area contributed by atoms with Gasteiger partial charge in [-0.2, -0.15) is 0 Å². The molecule has 30 heavy (non-hydrogen) atoms. The summed E-state index contributed by atoms with van der Waals surface area (Å²) in [6.07, 6.45) is 3.30. The number of nitrogens with zero attached hydrogens (tertiary/aromatic N) is 2. The van der Waals surface area contributed by atoms with Crippen molar-refractivity contribution in [3.05, 3.63) is 100.0 Å². The summed E-state index contributed by atoms with van der Waals surface area (Å²) in [5, 5.41) is 3.76. The second kappa shape index (κ2) is 8.13. The molecule has 0 radical (unpaired) electrons. The number of hydrogen-bond acceptors (Lipinski definition) is 4. The zero-order chi connectivity index (χ0) is 21.3. The third-order valence-electron chi connectivity index (χ3n) is 4.86. The highest BCUT2D eigenvalue weighted by molar-refractivity contribution is 6.36. The zero-order valence-corrected chi connectivity index (χ0v) is 17.4. The molecule has 2 aromatic carbocycles. The van der Waals surface area contributed by atoms with E-state index in [4.69, 9.17) is 11.6 Å². The van der Waals surface area contributed by atoms with Gasteiger partial charge in [0.05, 0.1) is 12.1 Å². The van der Waals surface area contributed by atoms with E-state index < -0.39 is 0 Å². The number of anilines is 1. The second-order valence-corrected chi connectivity index (χ2v) is 7.75. The summed E-state index contributed by atoms with van der Waals surface area (Å²) in [4.78, 5) is 31.9. The van der Waals surface area contributed by atoms with Gasteiger partial charge in [-0.3, -0.25) is 19.5 Å². The molecular weight excluding hydrogens is 398 g/mol. The van der Waals surface area contributed by atoms with E-state index in [-0.39, 0.29) is 24.1 Å². The summed E-state index contributed by atoms with van der Waals surface area (Å²) in [5.74, 6) is -0.717. The van der Waals surface area contributed by atoms with Crippen LogP contribution in [0.15, 0.2) is 72.7 Å². The van der Waals surface area contributed by atoms with Crippen LogP contribution in [0.25, 0.3) is 5.57 Å². The molecule has 3 aromatic rings. The van der Waals surface area contributed by atoms with Crippen molar-refractivity contribution in [1.82, 2.24) is 9.88 Å². The lowest BCUT2D eigenvalue weighted by Crippen LogP contribution is -2.32. The Labute approximate surface area is 180 Å². The number of hydrogen-bond donors (Lipinski definition) is 1. The highest BCUT2D eigenvalue weighted by atomic mass is 35.5. The first kappa shape index (κ1) is 19.9. The van der Waals surface area contributed by atoms with Crippen molar-refractivity contribution in [2.24, 2.45) is 0 Å². The van der Waals surface area contributed by atoms with Crippen LogP contribution in [0, 0.1) is 13.8 Å². The van der Waals surface area contributed by atoms with Crippen LogP contribution in [0.5, 0.6) is 0 Å². The maximum Gasteiger partial charge on any atom is 0.278 e. The summed E-state index contributed by atoms with van der Waals surface area (Å²) < 4.78 is 0. The topological polar surface area (TPSA) is 62.3 Å². The van der Waals surface area contributed by atoms with Gasteiger partial charge in [-0.1, -0.05) is 35.9 Å². The molecule has 2 amide bonds. The molecule has 0 bridgehead atoms. The molecular formula is C24H20ClN3O2. The number of amides is 2. The van der Waals surface area contributed by atoms with E-state index in [1.54, 1.807) is 42.7 Å². The summed E-state index contributed by atoms with van der Waals surface area (Å²) >= 11 is 6.02. The van der Waals surface area contributed by atoms with Crippen LogP contribution in [0.1, 0.15) is 22.3 Å². The highest BCUT2D eigenvalue weighted by Gasteiger charge is 2.39. The van der Waals surface area contributed by atoms with Gasteiger partial charge in [-0.15, -0.1) is 0 Å². The van der Waals surface area contributed by atoms with Crippen LogP contribution in [0.2, 0.25) is 5.02 Å². The Kier molecular flexibility index (Phi) is 5.38. The molecule has 0 unspecified atom stereocenters. The lowest BCUT2D eigenvalue weighted by atomic mass is 10.0. The molecule has 1 aliphatic heterocycles. The number of nitrogens with one attached hydrogen (secondary N) is 1. The smallest absolute Gasteiger partial charge is 0.278 e. The second-order valence-electron chi connectivity index (χ2n) is 7.32. The molecule has 0 spiro atoms. The van der Waals surface area contributed by atoms with Crippen molar-refractivity contribution in [3.8, 4) is 0 Å². The number of rotatable bonds is 5. The molecule has 6 heteroatoms. The fraction of sp³-hybridized carbons (Fsp3) is 0.125. The van der Waals surface area contributed by atoms with Crippen molar-refractivity contribution < 1.29 is 9.59 Å². The third kappa shape index (κ3) is 3.98. The van der Waals surface area contributed by atoms with E-state index in [1.165, 1.54) is 4.90 Å². The molecule has 2 heterocycles. The van der Waals surface area contributed by atoms with Crippen molar-refractivity contribution in [1.29, 1.82) is 0 Å². The van der Waals surface area contributed by atoms with Crippen molar-refractivity contribution in [3.63, 3.8) is 0 Å². The minimum atomic E-state index is -0.368. The van der Waals surface area contributed by atoms with E-state index in [1.807, 2.05) is 32.0 Å². The Bertz CT molecular complexity index is 1130. The average Bonchev–Trinajstić information content (AvgIpc) is 2.93. The summed E-state index contributed by atoms with van der Waals surface area (Å²) in [6.45, 7) is 4.13. The van der Waals surface area contributed by atoms with Crippen molar-refractivity contribution in [2.45, 2.75) is 20.4 Å². The first-order valence-corrected chi connectivity index (χ1v) is 9.91. The Hall–Kier alpha value is -3.44. The number of benzene rings is 2. The number of carbonyl (C=O) groups is 2. The minimum Gasteiger partial charge on any atom is -0.350 e. The molecule has 0 saturated heterocycles. The summed E-state index contributed by atoms with van der Waals surface area (Å²) in [6, 6.07) is 16.5. The molecule has 1 N–H and O–H groups in total. The number of aryl methyl sites for hydroxylation is 2. The first-order valence-electron chi connectivity index (χ1n) is 9.53. The maximum absolute atomic E-state index is 13.3. The highest BCUT2D eigenvalue weighted by Crippen LogP contribution is 2.32. The lowest BCUT2D eigenvalue weighted by Gasteiger charge is -2.15. The van der Waals surface area contributed by atoms with Gasteiger partial charge >= 0.3 is 0 Å². The van der Waals surface area contributed by atoms with E-state index >= 15 is 0 Å². The van der Waals surface area contributed by atoms with Gasteiger partial charge in [0, 0.05) is 23.1 Å². The molecule has 1 aromatic heterocycles. The first-order chi connectivity index (χ1) is 14.4. The Morgan fingerprint density at radius 2 is 1.67 bits per heavy atom. The van der Waals surface area contributed by atoms with Crippen LogP contribution in [-0.4, -0.2) is 21.7 Å². The van der Waals surface area contributed by atoms with E-state index in [0.717, 1.165) is 22.4 Å². The number of halogens is 1. The predicted molar refractivity (Wildman–Crippen MR) is 118 cm³/mol. The van der Waals surface area contributed by atoms with E-state index in [9.17, 15) is 9.59 Å². The molecule has 1 aliphatic rings. The lowest BCUT2D eigenvalue weighted by molar-refractivity contribution is -0.137. The number of carbonyl (C=O) groups excluding carboxylic acids is 2. The van der Waals surface area contributed by atoms with Gasteiger partial charge < -0.3 is 5.32 Å². The van der Waals surface area contributed by atoms with Gasteiger partial charge in [-0.05, 0) is 66.4 Å². The van der Waals surface area contributed by atoms with Gasteiger partial charge in [0.25, 0.3) is 11.8 Å². The van der Waals surface area contributed by atoms with Crippen molar-refractivity contribution in [2.75, 3.05) is 5.32 Å². The normalized spacial score (nSPS) is 13.9. The van der Waals surface area contributed by atoms with E-state index in [0.29, 0.717) is 16.2 Å². The molecule has 150 valence electrons. The molecule has 0 aliphatic carbocycles. The van der Waals surface area contributed by atoms with Gasteiger partial charge in [0.15, 0.2) is 0 Å². The van der Waals surface area contributed by atoms with E-state index in [2.05, 4.69) is 16.4 Å². The fourth-order valence-corrected chi connectivity index (χ4v) is 3.71. The number of imide groups is 1. The predicted octanol–water partition coefficient (Wildman–Crippen LogP) is 4.74. The standard InChI is InChI=1S/C24H20ClN3O2/c1-15-10-16(2)12-20(11-15)27-22-21(18-5-7-19(25)8-6-18)23(29)28(24(22)30)14-17-4-3-9-26-13-17/h3-13,27H,14H2,1-2H3. The van der Waals surface area contributed by atoms with Gasteiger partial charge in [0.1, 0.15) is 5.70 Å². The minimum absolute atomic E-state index is 0.153. The number of aromatic nitrogens is 1. The van der Waals surface area contributed by atoms with Gasteiger partial charge in [-0.25, -0.2) is 0 Å². The zero-order valence-electron chi connectivity index (χ0n) is 16.6. The van der Waals surface area contributed by atoms with Crippen LogP contribution in [-0.2, 0) is 16.1 Å². The quantitative estimate of drug-likeness (QED) is 0.609. The van der Waals surface area contributed by atoms with Crippen LogP contribution in [0.3, 0.4) is 0 Å². The molecule has 0 saturated carbocycles. The molecule has 5 nitrogen and oxygen atoms in total. The van der Waals surface area contributed by atoms with Crippen LogP contribution >= 0.6 is 11.6 Å². The maximum atomic E-state index is 13.3. The van der Waals surface area contributed by atoms with Crippen molar-refractivity contribution >= 4 is 34.7 Å². The SMILES string of the molecule is Cc1cc(C)cc(NC2=C(c3ccc(Cl)cc3)C(=O)N(Cc3cccnc3)C2=O)c1. The monoisotopic (exact) mass is 417 g/mol. The van der Waals surface area contributed by atoms with Crippen LogP contribution in [0.4, 0.5) is 5.69 Å². The largest absolute Gasteiger partial charge is 0.350 e. The average molecular weight is 418 g/mol.